The highest BCUT2D eigenvalue weighted by Gasteiger charge is 2.42. The van der Waals surface area contributed by atoms with Crippen LogP contribution in [0.25, 0.3) is 0 Å². The van der Waals surface area contributed by atoms with Crippen molar-refractivity contribution in [3.05, 3.63) is 21.4 Å². The summed E-state index contributed by atoms with van der Waals surface area (Å²) >= 11 is 1.76. The number of hydrogen-bond donors (Lipinski definition) is 1. The number of ether oxygens (including phenoxy) is 1. The van der Waals surface area contributed by atoms with Crippen LogP contribution in [0, 0.1) is 25.7 Å². The summed E-state index contributed by atoms with van der Waals surface area (Å²) in [5, 5.41) is 10.6. The van der Waals surface area contributed by atoms with E-state index in [1.54, 1.807) is 11.3 Å². The molecule has 2 nitrogen and oxygen atoms in total. The molecule has 0 aromatic carbocycles. The van der Waals surface area contributed by atoms with Crippen LogP contribution >= 0.6 is 11.3 Å². The Morgan fingerprint density at radius 3 is 2.29 bits per heavy atom. The van der Waals surface area contributed by atoms with Crippen molar-refractivity contribution in [1.29, 1.82) is 0 Å². The van der Waals surface area contributed by atoms with Crippen molar-refractivity contribution in [2.45, 2.75) is 52.9 Å². The highest BCUT2D eigenvalue weighted by molar-refractivity contribution is 7.12. The molecular weight excluding hydrogens is 232 g/mol. The van der Waals surface area contributed by atoms with Crippen molar-refractivity contribution in [1.82, 2.24) is 0 Å². The minimum atomic E-state index is -0.394. The Morgan fingerprint density at radius 2 is 1.88 bits per heavy atom. The molecule has 0 spiro atoms. The predicted octanol–water partition coefficient (Wildman–Crippen LogP) is 3.46. The van der Waals surface area contributed by atoms with Gasteiger partial charge < -0.3 is 9.84 Å². The number of aryl methyl sites for hydroxylation is 2. The zero-order valence-corrected chi connectivity index (χ0v) is 12.0. The quantitative estimate of drug-likeness (QED) is 0.876. The van der Waals surface area contributed by atoms with E-state index in [9.17, 15) is 5.11 Å². The number of aliphatic hydroxyl groups excluding tert-OH is 1. The van der Waals surface area contributed by atoms with Crippen LogP contribution in [0.3, 0.4) is 0 Å². The fourth-order valence-corrected chi connectivity index (χ4v) is 3.96. The Bertz CT molecular complexity index is 399. The Kier molecular flexibility index (Phi) is 3.62. The zero-order chi connectivity index (χ0) is 12.7. The summed E-state index contributed by atoms with van der Waals surface area (Å²) in [4.78, 5) is 2.50. The van der Waals surface area contributed by atoms with Crippen LogP contribution in [0.15, 0.2) is 6.07 Å². The molecule has 1 aromatic rings. The van der Waals surface area contributed by atoms with E-state index < -0.39 is 6.10 Å². The van der Waals surface area contributed by atoms with Gasteiger partial charge in [-0.2, -0.15) is 0 Å². The molecule has 17 heavy (non-hydrogen) atoms. The van der Waals surface area contributed by atoms with Crippen LogP contribution in [0.1, 0.15) is 42.2 Å². The van der Waals surface area contributed by atoms with Crippen molar-refractivity contribution in [2.24, 2.45) is 11.8 Å². The Balaban J connectivity index is 2.25. The molecule has 0 aliphatic carbocycles. The van der Waals surface area contributed by atoms with Gasteiger partial charge in [-0.25, -0.2) is 0 Å². The van der Waals surface area contributed by atoms with E-state index in [-0.39, 0.29) is 18.1 Å². The molecule has 5 atom stereocenters. The Labute approximate surface area is 108 Å². The molecule has 1 N–H and O–H groups in total. The number of aliphatic hydroxyl groups is 1. The van der Waals surface area contributed by atoms with Crippen LogP contribution in [-0.2, 0) is 4.74 Å². The van der Waals surface area contributed by atoms with Crippen LogP contribution in [0.5, 0.6) is 0 Å². The van der Waals surface area contributed by atoms with E-state index in [0.717, 1.165) is 5.56 Å². The van der Waals surface area contributed by atoms with Gasteiger partial charge >= 0.3 is 0 Å². The molecule has 0 bridgehead atoms. The third-order valence-electron chi connectivity index (χ3n) is 4.08. The highest BCUT2D eigenvalue weighted by atomic mass is 32.1. The van der Waals surface area contributed by atoms with Gasteiger partial charge in [0.25, 0.3) is 0 Å². The lowest BCUT2D eigenvalue weighted by Gasteiger charge is -2.24. The monoisotopic (exact) mass is 254 g/mol. The molecule has 1 aromatic heterocycles. The summed E-state index contributed by atoms with van der Waals surface area (Å²) in [5.74, 6) is 0.609. The second kappa shape index (κ2) is 4.71. The van der Waals surface area contributed by atoms with Crippen LogP contribution < -0.4 is 0 Å². The van der Waals surface area contributed by atoms with Gasteiger partial charge in [-0.15, -0.1) is 11.3 Å². The van der Waals surface area contributed by atoms with Gasteiger partial charge in [0, 0.05) is 15.7 Å². The average Bonchev–Trinajstić information content (AvgIpc) is 2.68. The molecule has 2 heterocycles. The smallest absolute Gasteiger partial charge is 0.0857 e. The van der Waals surface area contributed by atoms with E-state index in [1.807, 2.05) is 0 Å². The first-order valence-corrected chi connectivity index (χ1v) is 7.14. The summed E-state index contributed by atoms with van der Waals surface area (Å²) in [5.41, 5.74) is 1.09. The van der Waals surface area contributed by atoms with Crippen LogP contribution in [0.4, 0.5) is 0 Å². The van der Waals surface area contributed by atoms with Crippen LogP contribution in [0.2, 0.25) is 0 Å². The normalized spacial score (nSPS) is 35.2. The fraction of sp³-hybridized carbons (Fsp3) is 0.714. The first-order chi connectivity index (χ1) is 7.91. The first-order valence-electron chi connectivity index (χ1n) is 6.32. The largest absolute Gasteiger partial charge is 0.388 e. The third kappa shape index (κ3) is 2.28. The molecule has 1 saturated heterocycles. The topological polar surface area (TPSA) is 29.5 Å². The molecule has 5 unspecified atom stereocenters. The van der Waals surface area contributed by atoms with Gasteiger partial charge in [0.05, 0.1) is 18.3 Å². The number of hydrogen-bond acceptors (Lipinski definition) is 3. The SMILES string of the molecule is Cc1cc(C(O)C2C(C)OC(C)C2C)c(C)s1. The number of thiophene rings is 1. The maximum Gasteiger partial charge on any atom is 0.0857 e. The van der Waals surface area contributed by atoms with Gasteiger partial charge in [-0.3, -0.25) is 0 Å². The summed E-state index contributed by atoms with van der Waals surface area (Å²) in [6.07, 6.45) is -0.0193. The summed E-state index contributed by atoms with van der Waals surface area (Å²) in [7, 11) is 0. The van der Waals surface area contributed by atoms with Crippen molar-refractivity contribution in [2.75, 3.05) is 0 Å². The van der Waals surface area contributed by atoms with Gasteiger partial charge in [0.2, 0.25) is 0 Å². The third-order valence-corrected chi connectivity index (χ3v) is 5.06. The zero-order valence-electron chi connectivity index (χ0n) is 11.2. The number of rotatable bonds is 2. The maximum absolute atomic E-state index is 10.6. The molecule has 1 fully saturated rings. The van der Waals surface area contributed by atoms with E-state index >= 15 is 0 Å². The van der Waals surface area contributed by atoms with Crippen molar-refractivity contribution in [3.8, 4) is 0 Å². The Morgan fingerprint density at radius 1 is 1.24 bits per heavy atom. The highest BCUT2D eigenvalue weighted by Crippen LogP contribution is 2.42. The molecular formula is C14H22O2S. The molecule has 96 valence electrons. The summed E-state index contributed by atoms with van der Waals surface area (Å²) in [6, 6.07) is 2.12. The van der Waals surface area contributed by atoms with Gasteiger partial charge in [0.1, 0.15) is 0 Å². The van der Waals surface area contributed by atoms with Crippen molar-refractivity contribution in [3.63, 3.8) is 0 Å². The lowest BCUT2D eigenvalue weighted by atomic mass is 9.82. The molecule has 3 heteroatoms. The Hall–Kier alpha value is -0.380. The van der Waals surface area contributed by atoms with E-state index in [1.165, 1.54) is 9.75 Å². The second-order valence-electron chi connectivity index (χ2n) is 5.30. The van der Waals surface area contributed by atoms with Crippen molar-refractivity contribution >= 4 is 11.3 Å². The standard InChI is InChI=1S/C14H22O2S/c1-7-6-12(11(5)17-7)14(15)13-8(2)9(3)16-10(13)4/h6,8-10,13-15H,1-5H3. The van der Waals surface area contributed by atoms with E-state index in [4.69, 9.17) is 4.74 Å². The van der Waals surface area contributed by atoms with Crippen LogP contribution in [-0.4, -0.2) is 17.3 Å². The van der Waals surface area contributed by atoms with Gasteiger partial charge in [-0.1, -0.05) is 6.92 Å². The molecule has 0 saturated carbocycles. The first kappa shape index (κ1) is 13.1. The van der Waals surface area contributed by atoms with E-state index in [0.29, 0.717) is 5.92 Å². The fourth-order valence-electron chi connectivity index (χ4n) is 2.99. The van der Waals surface area contributed by atoms with Gasteiger partial charge in [0.15, 0.2) is 0 Å². The molecule has 1 aliphatic heterocycles. The summed E-state index contributed by atoms with van der Waals surface area (Å²) in [6.45, 7) is 10.5. The predicted molar refractivity (Wildman–Crippen MR) is 71.4 cm³/mol. The maximum atomic E-state index is 10.6. The average molecular weight is 254 g/mol. The lowest BCUT2D eigenvalue weighted by Crippen LogP contribution is -2.25. The van der Waals surface area contributed by atoms with Gasteiger partial charge in [-0.05, 0) is 45.2 Å². The second-order valence-corrected chi connectivity index (χ2v) is 6.76. The molecule has 2 rings (SSSR count). The molecule has 0 amide bonds. The summed E-state index contributed by atoms with van der Waals surface area (Å²) < 4.78 is 5.82. The molecule has 0 radical (unpaired) electrons. The molecule has 1 aliphatic rings. The lowest BCUT2D eigenvalue weighted by molar-refractivity contribution is 0.0231. The minimum Gasteiger partial charge on any atom is -0.388 e. The minimum absolute atomic E-state index is 0.134. The van der Waals surface area contributed by atoms with Crippen molar-refractivity contribution < 1.29 is 9.84 Å². The van der Waals surface area contributed by atoms with E-state index in [2.05, 4.69) is 40.7 Å².